The molecule has 156 valence electrons. The Kier molecular flexibility index (Phi) is 13.5. The molecule has 1 saturated heterocycles. The fourth-order valence-corrected chi connectivity index (χ4v) is 3.31. The summed E-state index contributed by atoms with van der Waals surface area (Å²) in [6.45, 7) is 2.91. The molecule has 1 fully saturated rings. The van der Waals surface area contributed by atoms with Crippen molar-refractivity contribution < 1.29 is 29.9 Å². The van der Waals surface area contributed by atoms with Crippen molar-refractivity contribution in [2.45, 2.75) is 115 Å². The van der Waals surface area contributed by atoms with Crippen LogP contribution in [0.4, 0.5) is 0 Å². The number of aliphatic hydroxyl groups excluding tert-OH is 4. The lowest BCUT2D eigenvalue weighted by Gasteiger charge is -2.38. The predicted molar refractivity (Wildman–Crippen MR) is 101 cm³/mol. The number of aliphatic hydroxyl groups is 4. The first-order valence-electron chi connectivity index (χ1n) is 10.5. The third-order valence-corrected chi connectivity index (χ3v) is 5.11. The highest BCUT2D eigenvalue weighted by Gasteiger charge is 2.42. The molecule has 0 saturated carbocycles. The Morgan fingerprint density at radius 2 is 1.15 bits per heavy atom. The van der Waals surface area contributed by atoms with Crippen LogP contribution >= 0.6 is 0 Å². The Hall–Kier alpha value is -0.240. The molecule has 0 bridgehead atoms. The van der Waals surface area contributed by atoms with Crippen molar-refractivity contribution >= 4 is 0 Å². The standard InChI is InChI=1S/C20H40O6/c1-2-3-4-5-6-7-8-9-10-11-12-13-14-25-15-16-17(21)18(22)19(23)20(24)26-16/h16-24H,2-15H2,1H3/t16-,17+,18+,19-,20+/m1/s1. The van der Waals surface area contributed by atoms with Crippen molar-refractivity contribution in [2.75, 3.05) is 13.2 Å². The summed E-state index contributed by atoms with van der Waals surface area (Å²) in [5.41, 5.74) is 0. The zero-order chi connectivity index (χ0) is 19.2. The minimum Gasteiger partial charge on any atom is -0.387 e. The molecule has 0 aromatic rings. The summed E-state index contributed by atoms with van der Waals surface area (Å²) < 4.78 is 10.5. The van der Waals surface area contributed by atoms with Gasteiger partial charge >= 0.3 is 0 Å². The summed E-state index contributed by atoms with van der Waals surface area (Å²) in [7, 11) is 0. The topological polar surface area (TPSA) is 99.4 Å². The maximum Gasteiger partial charge on any atom is 0.184 e. The third kappa shape index (κ3) is 9.62. The lowest BCUT2D eigenvalue weighted by atomic mass is 9.99. The number of hydrogen-bond donors (Lipinski definition) is 4. The van der Waals surface area contributed by atoms with E-state index in [1.54, 1.807) is 0 Å². The van der Waals surface area contributed by atoms with Crippen molar-refractivity contribution in [1.29, 1.82) is 0 Å². The summed E-state index contributed by atoms with van der Waals surface area (Å²) in [5.74, 6) is 0. The number of ether oxygens (including phenoxy) is 2. The Morgan fingerprint density at radius 1 is 0.654 bits per heavy atom. The number of hydrogen-bond acceptors (Lipinski definition) is 6. The SMILES string of the molecule is CCCCCCCCCCCCCCOC[C@H]1O[C@H](O)[C@H](O)[C@@H](O)[C@H]1O. The molecule has 0 amide bonds. The second-order valence-corrected chi connectivity index (χ2v) is 7.50. The molecule has 0 aromatic carbocycles. The van der Waals surface area contributed by atoms with Crippen LogP contribution in [0.1, 0.15) is 84.0 Å². The fraction of sp³-hybridized carbons (Fsp3) is 1.00. The van der Waals surface area contributed by atoms with E-state index in [1.165, 1.54) is 64.2 Å². The Labute approximate surface area is 158 Å². The lowest BCUT2D eigenvalue weighted by Crippen LogP contribution is -2.58. The van der Waals surface area contributed by atoms with Gasteiger partial charge in [0.25, 0.3) is 0 Å². The van der Waals surface area contributed by atoms with Crippen LogP contribution in [0.15, 0.2) is 0 Å². The third-order valence-electron chi connectivity index (χ3n) is 5.11. The highest BCUT2D eigenvalue weighted by Crippen LogP contribution is 2.20. The van der Waals surface area contributed by atoms with Gasteiger partial charge in [0.15, 0.2) is 6.29 Å². The summed E-state index contributed by atoms with van der Waals surface area (Å²) in [4.78, 5) is 0. The van der Waals surface area contributed by atoms with Gasteiger partial charge in [-0.1, -0.05) is 77.6 Å². The van der Waals surface area contributed by atoms with E-state index >= 15 is 0 Å². The van der Waals surface area contributed by atoms with E-state index in [2.05, 4.69) is 6.92 Å². The van der Waals surface area contributed by atoms with Crippen molar-refractivity contribution in [3.63, 3.8) is 0 Å². The molecule has 6 nitrogen and oxygen atoms in total. The van der Waals surface area contributed by atoms with Gasteiger partial charge < -0.3 is 29.9 Å². The van der Waals surface area contributed by atoms with Crippen LogP contribution in [0.5, 0.6) is 0 Å². The summed E-state index contributed by atoms with van der Waals surface area (Å²) in [5, 5.41) is 38.3. The average molecular weight is 377 g/mol. The predicted octanol–water partition coefficient (Wildman–Crippen LogP) is 2.50. The van der Waals surface area contributed by atoms with Crippen LogP contribution in [-0.4, -0.2) is 64.3 Å². The van der Waals surface area contributed by atoms with E-state index in [-0.39, 0.29) is 6.61 Å². The second kappa shape index (κ2) is 14.8. The van der Waals surface area contributed by atoms with Crippen molar-refractivity contribution in [3.05, 3.63) is 0 Å². The molecule has 0 unspecified atom stereocenters. The molecule has 4 N–H and O–H groups in total. The molecule has 0 spiro atoms. The molecular weight excluding hydrogens is 336 g/mol. The lowest BCUT2D eigenvalue weighted by molar-refractivity contribution is -0.288. The molecule has 1 rings (SSSR count). The highest BCUT2D eigenvalue weighted by atomic mass is 16.6. The van der Waals surface area contributed by atoms with Gasteiger partial charge in [-0.25, -0.2) is 0 Å². The summed E-state index contributed by atoms with van der Waals surface area (Å²) in [6.07, 6.45) is 8.94. The number of unbranched alkanes of at least 4 members (excludes halogenated alkanes) is 11. The molecule has 6 heteroatoms. The van der Waals surface area contributed by atoms with Gasteiger partial charge in [-0.05, 0) is 6.42 Å². The van der Waals surface area contributed by atoms with Crippen molar-refractivity contribution in [2.24, 2.45) is 0 Å². The van der Waals surface area contributed by atoms with E-state index in [9.17, 15) is 20.4 Å². The maximum atomic E-state index is 9.80. The molecule has 26 heavy (non-hydrogen) atoms. The Bertz CT molecular complexity index is 327. The van der Waals surface area contributed by atoms with E-state index in [4.69, 9.17) is 9.47 Å². The molecular formula is C20H40O6. The zero-order valence-corrected chi connectivity index (χ0v) is 16.4. The maximum absolute atomic E-state index is 9.80. The van der Waals surface area contributed by atoms with Crippen LogP contribution in [0.3, 0.4) is 0 Å². The Balaban J connectivity index is 1.88. The first-order chi connectivity index (χ1) is 12.6. The van der Waals surface area contributed by atoms with Crippen LogP contribution < -0.4 is 0 Å². The quantitative estimate of drug-likeness (QED) is 0.328. The highest BCUT2D eigenvalue weighted by molar-refractivity contribution is 4.88. The molecule has 0 aromatic heterocycles. The molecule has 1 aliphatic rings. The first kappa shape index (κ1) is 23.8. The van der Waals surface area contributed by atoms with E-state index < -0.39 is 30.7 Å². The van der Waals surface area contributed by atoms with Crippen LogP contribution in [0.2, 0.25) is 0 Å². The molecule has 1 aliphatic heterocycles. The number of rotatable bonds is 15. The second-order valence-electron chi connectivity index (χ2n) is 7.50. The van der Waals surface area contributed by atoms with Crippen LogP contribution in [0.25, 0.3) is 0 Å². The van der Waals surface area contributed by atoms with Gasteiger partial charge in [0.2, 0.25) is 0 Å². The normalized spacial score (nSPS) is 29.2. The average Bonchev–Trinajstić information content (AvgIpc) is 2.64. The summed E-state index contributed by atoms with van der Waals surface area (Å²) in [6, 6.07) is 0. The molecule has 0 radical (unpaired) electrons. The van der Waals surface area contributed by atoms with Gasteiger partial charge in [0.1, 0.15) is 24.4 Å². The largest absolute Gasteiger partial charge is 0.387 e. The van der Waals surface area contributed by atoms with Gasteiger partial charge in [0.05, 0.1) is 6.61 Å². The first-order valence-corrected chi connectivity index (χ1v) is 10.5. The summed E-state index contributed by atoms with van der Waals surface area (Å²) >= 11 is 0. The van der Waals surface area contributed by atoms with Gasteiger partial charge in [0, 0.05) is 6.61 Å². The fourth-order valence-electron chi connectivity index (χ4n) is 3.31. The zero-order valence-electron chi connectivity index (χ0n) is 16.4. The smallest absolute Gasteiger partial charge is 0.184 e. The van der Waals surface area contributed by atoms with Crippen molar-refractivity contribution in [3.8, 4) is 0 Å². The molecule has 1 heterocycles. The molecule has 0 aliphatic carbocycles. The molecule has 5 atom stereocenters. The van der Waals surface area contributed by atoms with Gasteiger partial charge in [-0.2, -0.15) is 0 Å². The van der Waals surface area contributed by atoms with Crippen LogP contribution in [0, 0.1) is 0 Å². The minimum atomic E-state index is -1.49. The van der Waals surface area contributed by atoms with Crippen molar-refractivity contribution in [1.82, 2.24) is 0 Å². The van der Waals surface area contributed by atoms with E-state index in [0.717, 1.165) is 12.8 Å². The van der Waals surface area contributed by atoms with E-state index in [0.29, 0.717) is 6.61 Å². The van der Waals surface area contributed by atoms with E-state index in [1.807, 2.05) is 0 Å². The van der Waals surface area contributed by atoms with Gasteiger partial charge in [-0.3, -0.25) is 0 Å². The Morgan fingerprint density at radius 3 is 1.69 bits per heavy atom. The monoisotopic (exact) mass is 376 g/mol. The van der Waals surface area contributed by atoms with Crippen LogP contribution in [-0.2, 0) is 9.47 Å². The minimum absolute atomic E-state index is 0.0973. The van der Waals surface area contributed by atoms with Gasteiger partial charge in [-0.15, -0.1) is 0 Å².